The van der Waals surface area contributed by atoms with Gasteiger partial charge in [0.1, 0.15) is 11.9 Å². The summed E-state index contributed by atoms with van der Waals surface area (Å²) in [6, 6.07) is 7.55. The van der Waals surface area contributed by atoms with Gasteiger partial charge in [0.05, 0.1) is 7.11 Å². The molecule has 1 heterocycles. The van der Waals surface area contributed by atoms with E-state index in [1.165, 1.54) is 0 Å². The van der Waals surface area contributed by atoms with Gasteiger partial charge in [-0.1, -0.05) is 25.6 Å². The summed E-state index contributed by atoms with van der Waals surface area (Å²) in [6.45, 7) is 5.67. The summed E-state index contributed by atoms with van der Waals surface area (Å²) in [5.41, 5.74) is 1.48. The van der Waals surface area contributed by atoms with Crippen molar-refractivity contribution >= 4 is 5.97 Å². The van der Waals surface area contributed by atoms with E-state index in [9.17, 15) is 4.79 Å². The molecule has 1 saturated heterocycles. The van der Waals surface area contributed by atoms with Gasteiger partial charge in [0.2, 0.25) is 0 Å². The highest BCUT2D eigenvalue weighted by atomic mass is 16.6. The van der Waals surface area contributed by atoms with Gasteiger partial charge in [-0.2, -0.15) is 0 Å². The number of rotatable bonds is 2. The number of hydrogen-bond acceptors (Lipinski definition) is 3. The van der Waals surface area contributed by atoms with E-state index in [1.54, 1.807) is 7.11 Å². The van der Waals surface area contributed by atoms with Crippen molar-refractivity contribution in [2.24, 2.45) is 5.92 Å². The van der Waals surface area contributed by atoms with Crippen LogP contribution in [0.15, 0.2) is 36.4 Å². The van der Waals surface area contributed by atoms with Gasteiger partial charge in [0.25, 0.3) is 0 Å². The van der Waals surface area contributed by atoms with Crippen molar-refractivity contribution in [1.29, 1.82) is 0 Å². The summed E-state index contributed by atoms with van der Waals surface area (Å²) >= 11 is 0. The van der Waals surface area contributed by atoms with Crippen LogP contribution in [0.1, 0.15) is 18.6 Å². The Morgan fingerprint density at radius 2 is 2.19 bits per heavy atom. The van der Waals surface area contributed by atoms with Gasteiger partial charge in [-0.3, -0.25) is 0 Å². The molecule has 3 heteroatoms. The van der Waals surface area contributed by atoms with Crippen LogP contribution in [-0.2, 0) is 9.53 Å². The fourth-order valence-corrected chi connectivity index (χ4v) is 1.84. The molecule has 0 spiro atoms. The molecule has 1 aliphatic heterocycles. The monoisotopic (exact) mass is 218 g/mol. The molecular formula is C13H14O3. The number of esters is 1. The zero-order valence-electron chi connectivity index (χ0n) is 9.40. The predicted octanol–water partition coefficient (Wildman–Crippen LogP) is 2.49. The number of methoxy groups -OCH3 is 1. The van der Waals surface area contributed by atoms with Crippen molar-refractivity contribution in [3.8, 4) is 5.75 Å². The first-order valence-corrected chi connectivity index (χ1v) is 5.17. The fraction of sp³-hybridized carbons (Fsp3) is 0.308. The van der Waals surface area contributed by atoms with Crippen LogP contribution in [0.3, 0.4) is 0 Å². The molecule has 16 heavy (non-hydrogen) atoms. The van der Waals surface area contributed by atoms with E-state index in [-0.39, 0.29) is 18.0 Å². The number of hydrogen-bond donors (Lipinski definition) is 0. The molecule has 0 N–H and O–H groups in total. The Labute approximate surface area is 94.7 Å². The minimum atomic E-state index is -0.305. The first-order chi connectivity index (χ1) is 7.63. The lowest BCUT2D eigenvalue weighted by atomic mass is 9.94. The van der Waals surface area contributed by atoms with Gasteiger partial charge in [0, 0.05) is 11.5 Å². The normalized spacial score (nSPS) is 24.4. The molecule has 2 rings (SSSR count). The molecule has 3 nitrogen and oxygen atoms in total. The Hall–Kier alpha value is -1.77. The number of carbonyl (C=O) groups is 1. The summed E-state index contributed by atoms with van der Waals surface area (Å²) in [6.07, 6.45) is -0.241. The van der Waals surface area contributed by atoms with Gasteiger partial charge >= 0.3 is 5.97 Å². The maximum Gasteiger partial charge on any atom is 0.334 e. The molecule has 2 atom stereocenters. The number of carbonyl (C=O) groups excluding carboxylic acids is 1. The molecule has 1 fully saturated rings. The summed E-state index contributed by atoms with van der Waals surface area (Å²) in [5.74, 6) is 0.471. The smallest absolute Gasteiger partial charge is 0.334 e. The van der Waals surface area contributed by atoms with Crippen molar-refractivity contribution in [3.05, 3.63) is 42.0 Å². The minimum Gasteiger partial charge on any atom is -0.497 e. The standard InChI is InChI=1S/C13H14O3/c1-8-9(2)13(14)16-12(8)10-5-4-6-11(7-10)15-3/h4-8,12H,2H2,1,3H3/t8-,12-/m0/s1. The van der Waals surface area contributed by atoms with Gasteiger partial charge in [-0.15, -0.1) is 0 Å². The highest BCUT2D eigenvalue weighted by Gasteiger charge is 2.36. The Balaban J connectivity index is 2.31. The molecule has 0 aliphatic carbocycles. The van der Waals surface area contributed by atoms with Gasteiger partial charge < -0.3 is 9.47 Å². The van der Waals surface area contributed by atoms with E-state index in [4.69, 9.17) is 9.47 Å². The third-order valence-corrected chi connectivity index (χ3v) is 2.92. The first-order valence-electron chi connectivity index (χ1n) is 5.17. The molecule has 0 aromatic heterocycles. The molecular weight excluding hydrogens is 204 g/mol. The zero-order chi connectivity index (χ0) is 11.7. The second kappa shape index (κ2) is 4.00. The Kier molecular flexibility index (Phi) is 2.69. The quantitative estimate of drug-likeness (QED) is 0.565. The lowest BCUT2D eigenvalue weighted by Gasteiger charge is -2.14. The largest absolute Gasteiger partial charge is 0.497 e. The van der Waals surface area contributed by atoms with E-state index in [0.717, 1.165) is 11.3 Å². The summed E-state index contributed by atoms with van der Waals surface area (Å²) in [4.78, 5) is 11.4. The topological polar surface area (TPSA) is 35.5 Å². The van der Waals surface area contributed by atoms with E-state index < -0.39 is 0 Å². The average molecular weight is 218 g/mol. The maximum atomic E-state index is 11.4. The third kappa shape index (κ3) is 1.69. The molecule has 0 saturated carbocycles. The summed E-state index contributed by atoms with van der Waals surface area (Å²) < 4.78 is 10.4. The molecule has 0 unspecified atom stereocenters. The van der Waals surface area contributed by atoms with Crippen LogP contribution in [0.4, 0.5) is 0 Å². The van der Waals surface area contributed by atoms with Crippen LogP contribution < -0.4 is 4.74 Å². The predicted molar refractivity (Wildman–Crippen MR) is 60.1 cm³/mol. The molecule has 1 aliphatic rings. The van der Waals surface area contributed by atoms with Crippen LogP contribution in [-0.4, -0.2) is 13.1 Å². The lowest BCUT2D eigenvalue weighted by Crippen LogP contribution is -2.04. The van der Waals surface area contributed by atoms with Crippen molar-refractivity contribution in [2.45, 2.75) is 13.0 Å². The first kappa shape index (κ1) is 10.7. The Morgan fingerprint density at radius 3 is 2.75 bits per heavy atom. The SMILES string of the molecule is C=C1C(=O)O[C@H](c2cccc(OC)c2)[C@H]1C. The van der Waals surface area contributed by atoms with Gasteiger partial charge in [-0.25, -0.2) is 4.79 Å². The molecule has 1 aromatic rings. The van der Waals surface area contributed by atoms with Crippen molar-refractivity contribution in [1.82, 2.24) is 0 Å². The van der Waals surface area contributed by atoms with Crippen LogP contribution in [0.2, 0.25) is 0 Å². The second-order valence-corrected chi connectivity index (χ2v) is 3.92. The molecule has 0 amide bonds. The molecule has 0 radical (unpaired) electrons. The fourth-order valence-electron chi connectivity index (χ4n) is 1.84. The minimum absolute atomic E-state index is 0.0135. The molecule has 1 aromatic carbocycles. The van der Waals surface area contributed by atoms with Crippen LogP contribution >= 0.6 is 0 Å². The number of cyclic esters (lactones) is 1. The van der Waals surface area contributed by atoms with E-state index in [2.05, 4.69) is 6.58 Å². The van der Waals surface area contributed by atoms with Crippen LogP contribution in [0, 0.1) is 5.92 Å². The maximum absolute atomic E-state index is 11.4. The van der Waals surface area contributed by atoms with Crippen LogP contribution in [0.25, 0.3) is 0 Å². The van der Waals surface area contributed by atoms with E-state index >= 15 is 0 Å². The van der Waals surface area contributed by atoms with E-state index in [1.807, 2.05) is 31.2 Å². The third-order valence-electron chi connectivity index (χ3n) is 2.92. The summed E-state index contributed by atoms with van der Waals surface area (Å²) in [5, 5.41) is 0. The van der Waals surface area contributed by atoms with Crippen molar-refractivity contribution in [3.63, 3.8) is 0 Å². The van der Waals surface area contributed by atoms with Crippen molar-refractivity contribution in [2.75, 3.05) is 7.11 Å². The van der Waals surface area contributed by atoms with E-state index in [0.29, 0.717) is 5.57 Å². The second-order valence-electron chi connectivity index (χ2n) is 3.92. The highest BCUT2D eigenvalue weighted by Crippen LogP contribution is 2.38. The molecule has 84 valence electrons. The zero-order valence-corrected chi connectivity index (χ0v) is 9.40. The average Bonchev–Trinajstić information content (AvgIpc) is 2.57. The molecule has 0 bridgehead atoms. The summed E-state index contributed by atoms with van der Waals surface area (Å²) in [7, 11) is 1.61. The Bertz CT molecular complexity index is 437. The Morgan fingerprint density at radius 1 is 1.44 bits per heavy atom. The number of ether oxygens (including phenoxy) is 2. The van der Waals surface area contributed by atoms with Gasteiger partial charge in [0.15, 0.2) is 0 Å². The lowest BCUT2D eigenvalue weighted by molar-refractivity contribution is -0.139. The number of benzene rings is 1. The van der Waals surface area contributed by atoms with Crippen LogP contribution in [0.5, 0.6) is 5.75 Å². The van der Waals surface area contributed by atoms with Crippen molar-refractivity contribution < 1.29 is 14.3 Å². The van der Waals surface area contributed by atoms with Gasteiger partial charge in [-0.05, 0) is 17.7 Å². The highest BCUT2D eigenvalue weighted by molar-refractivity contribution is 5.90.